The summed E-state index contributed by atoms with van der Waals surface area (Å²) in [5.41, 5.74) is 3.36. The van der Waals surface area contributed by atoms with E-state index in [1.54, 1.807) is 0 Å². The van der Waals surface area contributed by atoms with Crippen molar-refractivity contribution in [3.63, 3.8) is 0 Å². The van der Waals surface area contributed by atoms with Gasteiger partial charge >= 0.3 is 0 Å². The smallest absolute Gasteiger partial charge is 0.0894 e. The van der Waals surface area contributed by atoms with Crippen LogP contribution in [0, 0.1) is 0 Å². The molecule has 0 bridgehead atoms. The third-order valence-electron chi connectivity index (χ3n) is 3.65. The molecule has 0 amide bonds. The molecule has 1 aromatic heterocycles. The Kier molecular flexibility index (Phi) is 3.46. The topological polar surface area (TPSA) is 24.9 Å². The molecule has 2 nitrogen and oxygen atoms in total. The average Bonchev–Trinajstić information content (AvgIpc) is 3.20. The summed E-state index contributed by atoms with van der Waals surface area (Å²) in [5.74, 6) is 0.417. The number of halogens is 1. The molecule has 1 saturated carbocycles. The van der Waals surface area contributed by atoms with E-state index in [2.05, 4.69) is 31.3 Å². The maximum absolute atomic E-state index is 6.30. The molecule has 1 aliphatic carbocycles. The number of hydrogen-bond donors (Lipinski definition) is 1. The van der Waals surface area contributed by atoms with Crippen LogP contribution in [-0.4, -0.2) is 11.0 Å². The fourth-order valence-electron chi connectivity index (χ4n) is 2.29. The van der Waals surface area contributed by atoms with Crippen molar-refractivity contribution in [1.29, 1.82) is 0 Å². The molecule has 0 unspecified atom stereocenters. The molecule has 0 radical (unpaired) electrons. The molecule has 1 aromatic carbocycles. The van der Waals surface area contributed by atoms with Crippen LogP contribution in [0.1, 0.15) is 43.9 Å². The maximum atomic E-state index is 6.30. The van der Waals surface area contributed by atoms with E-state index >= 15 is 0 Å². The second-order valence-corrected chi connectivity index (χ2v) is 6.06. The van der Waals surface area contributed by atoms with Crippen molar-refractivity contribution in [2.24, 2.45) is 0 Å². The Labute approximate surface area is 119 Å². The van der Waals surface area contributed by atoms with Crippen LogP contribution in [0.2, 0.25) is 5.02 Å². The van der Waals surface area contributed by atoms with Crippen molar-refractivity contribution in [3.8, 4) is 0 Å². The maximum Gasteiger partial charge on any atom is 0.0894 e. The van der Waals surface area contributed by atoms with E-state index in [-0.39, 0.29) is 0 Å². The van der Waals surface area contributed by atoms with Gasteiger partial charge in [-0.15, -0.1) is 0 Å². The zero-order valence-corrected chi connectivity index (χ0v) is 12.2. The standard InChI is InChI=1S/C16H19ClN2/c1-10(2)15-8-11(9-18-12-6-7-12)13-4-3-5-14(17)16(13)19-15/h3-5,8,10,12,18H,6-7,9H2,1-2H3. The van der Waals surface area contributed by atoms with Crippen molar-refractivity contribution in [1.82, 2.24) is 10.3 Å². The van der Waals surface area contributed by atoms with E-state index in [1.807, 2.05) is 12.1 Å². The summed E-state index contributed by atoms with van der Waals surface area (Å²) < 4.78 is 0. The van der Waals surface area contributed by atoms with Crippen molar-refractivity contribution in [2.45, 2.75) is 45.2 Å². The Morgan fingerprint density at radius 3 is 2.84 bits per heavy atom. The lowest BCUT2D eigenvalue weighted by molar-refractivity contribution is 0.688. The summed E-state index contributed by atoms with van der Waals surface area (Å²) in [4.78, 5) is 4.72. The summed E-state index contributed by atoms with van der Waals surface area (Å²) in [5, 5.41) is 5.49. The van der Waals surface area contributed by atoms with Gasteiger partial charge in [-0.05, 0) is 36.5 Å². The van der Waals surface area contributed by atoms with Crippen LogP contribution in [0.3, 0.4) is 0 Å². The SMILES string of the molecule is CC(C)c1cc(CNC2CC2)c2cccc(Cl)c2n1. The molecule has 100 valence electrons. The third-order valence-corrected chi connectivity index (χ3v) is 3.95. The fraction of sp³-hybridized carbons (Fsp3) is 0.438. The van der Waals surface area contributed by atoms with Gasteiger partial charge in [-0.25, -0.2) is 0 Å². The van der Waals surface area contributed by atoms with Gasteiger partial charge in [0.1, 0.15) is 0 Å². The van der Waals surface area contributed by atoms with Crippen LogP contribution in [0.25, 0.3) is 10.9 Å². The minimum Gasteiger partial charge on any atom is -0.310 e. The van der Waals surface area contributed by atoms with Crippen molar-refractivity contribution in [3.05, 3.63) is 40.5 Å². The number of benzene rings is 1. The lowest BCUT2D eigenvalue weighted by Crippen LogP contribution is -2.16. The Morgan fingerprint density at radius 1 is 1.37 bits per heavy atom. The first-order valence-electron chi connectivity index (χ1n) is 6.96. The highest BCUT2D eigenvalue weighted by Crippen LogP contribution is 2.28. The highest BCUT2D eigenvalue weighted by molar-refractivity contribution is 6.35. The normalized spacial score (nSPS) is 15.4. The molecule has 1 heterocycles. The van der Waals surface area contributed by atoms with Gasteiger partial charge in [-0.2, -0.15) is 0 Å². The first-order valence-corrected chi connectivity index (χ1v) is 7.34. The summed E-state index contributed by atoms with van der Waals surface area (Å²) in [7, 11) is 0. The van der Waals surface area contributed by atoms with E-state index in [0.717, 1.165) is 22.8 Å². The number of hydrogen-bond acceptors (Lipinski definition) is 2. The molecule has 2 aromatic rings. The Hall–Kier alpha value is -1.12. The molecule has 3 heteroatoms. The number of nitrogens with one attached hydrogen (secondary N) is 1. The molecule has 1 fully saturated rings. The van der Waals surface area contributed by atoms with Gasteiger partial charge in [0.25, 0.3) is 0 Å². The van der Waals surface area contributed by atoms with Crippen LogP contribution in [0.4, 0.5) is 0 Å². The van der Waals surface area contributed by atoms with Crippen LogP contribution in [0.5, 0.6) is 0 Å². The van der Waals surface area contributed by atoms with E-state index in [1.165, 1.54) is 23.8 Å². The molecule has 0 aliphatic heterocycles. The summed E-state index contributed by atoms with van der Waals surface area (Å²) in [6.07, 6.45) is 2.61. The summed E-state index contributed by atoms with van der Waals surface area (Å²) in [6, 6.07) is 8.96. The highest BCUT2D eigenvalue weighted by atomic mass is 35.5. The van der Waals surface area contributed by atoms with Gasteiger partial charge in [0.15, 0.2) is 0 Å². The molecule has 3 rings (SSSR count). The predicted molar refractivity (Wildman–Crippen MR) is 80.7 cm³/mol. The zero-order chi connectivity index (χ0) is 13.4. The molecule has 0 saturated heterocycles. The fourth-order valence-corrected chi connectivity index (χ4v) is 2.51. The number of nitrogens with zero attached hydrogens (tertiary/aromatic N) is 1. The molecule has 1 aliphatic rings. The van der Waals surface area contributed by atoms with Crippen molar-refractivity contribution in [2.75, 3.05) is 0 Å². The van der Waals surface area contributed by atoms with Crippen LogP contribution in [0.15, 0.2) is 24.3 Å². The Balaban J connectivity index is 2.07. The second kappa shape index (κ2) is 5.10. The Bertz CT molecular complexity index is 603. The monoisotopic (exact) mass is 274 g/mol. The Morgan fingerprint density at radius 2 is 2.16 bits per heavy atom. The van der Waals surface area contributed by atoms with Gasteiger partial charge in [-0.1, -0.05) is 37.6 Å². The lowest BCUT2D eigenvalue weighted by atomic mass is 10.0. The number of rotatable bonds is 4. The first kappa shape index (κ1) is 12.9. The minimum atomic E-state index is 0.417. The molecule has 0 atom stereocenters. The molecule has 19 heavy (non-hydrogen) atoms. The van der Waals surface area contributed by atoms with E-state index in [9.17, 15) is 0 Å². The van der Waals surface area contributed by atoms with Crippen LogP contribution >= 0.6 is 11.6 Å². The molecule has 0 spiro atoms. The van der Waals surface area contributed by atoms with Gasteiger partial charge in [0.05, 0.1) is 10.5 Å². The zero-order valence-electron chi connectivity index (χ0n) is 11.4. The van der Waals surface area contributed by atoms with Gasteiger partial charge < -0.3 is 5.32 Å². The van der Waals surface area contributed by atoms with Crippen molar-refractivity contribution < 1.29 is 0 Å². The van der Waals surface area contributed by atoms with Crippen molar-refractivity contribution >= 4 is 22.5 Å². The highest BCUT2D eigenvalue weighted by Gasteiger charge is 2.20. The van der Waals surface area contributed by atoms with Crippen LogP contribution < -0.4 is 5.32 Å². The minimum absolute atomic E-state index is 0.417. The summed E-state index contributed by atoms with van der Waals surface area (Å²) in [6.45, 7) is 5.25. The van der Waals surface area contributed by atoms with Gasteiger partial charge in [-0.3, -0.25) is 4.98 Å². The first-order chi connectivity index (χ1) is 9.15. The molecular weight excluding hydrogens is 256 g/mol. The number of fused-ring (bicyclic) bond motifs is 1. The van der Waals surface area contributed by atoms with E-state index in [0.29, 0.717) is 12.0 Å². The number of aromatic nitrogens is 1. The quantitative estimate of drug-likeness (QED) is 0.901. The average molecular weight is 275 g/mol. The second-order valence-electron chi connectivity index (χ2n) is 5.65. The van der Waals surface area contributed by atoms with Gasteiger partial charge in [0, 0.05) is 23.7 Å². The summed E-state index contributed by atoms with van der Waals surface area (Å²) >= 11 is 6.30. The van der Waals surface area contributed by atoms with Crippen LogP contribution in [-0.2, 0) is 6.54 Å². The number of pyridine rings is 1. The number of para-hydroxylation sites is 1. The van der Waals surface area contributed by atoms with E-state index in [4.69, 9.17) is 16.6 Å². The van der Waals surface area contributed by atoms with E-state index < -0.39 is 0 Å². The largest absolute Gasteiger partial charge is 0.310 e. The molecular formula is C16H19ClN2. The predicted octanol–water partition coefficient (Wildman–Crippen LogP) is 4.26. The lowest BCUT2D eigenvalue weighted by Gasteiger charge is -2.13. The molecule has 1 N–H and O–H groups in total. The van der Waals surface area contributed by atoms with Gasteiger partial charge in [0.2, 0.25) is 0 Å². The third kappa shape index (κ3) is 2.75.